The number of ether oxygens (including phenoxy) is 2. The van der Waals surface area contributed by atoms with Crippen LogP contribution in [0.5, 0.6) is 0 Å². The molecule has 2 bridgehead atoms. The van der Waals surface area contributed by atoms with Gasteiger partial charge < -0.3 is 19.9 Å². The van der Waals surface area contributed by atoms with Crippen LogP contribution in [-0.2, 0) is 32.2 Å². The number of nitrogens with zero attached hydrogens (tertiary/aromatic N) is 1. The fourth-order valence-electron chi connectivity index (χ4n) is 8.61. The minimum Gasteiger partial charge on any atom is -0.392 e. The summed E-state index contributed by atoms with van der Waals surface area (Å²) < 4.78 is 13.4. The molecule has 9 heteroatoms. The zero-order valence-electron chi connectivity index (χ0n) is 29.0. The Kier molecular flexibility index (Phi) is 10.9. The van der Waals surface area contributed by atoms with Gasteiger partial charge in [-0.1, -0.05) is 93.6 Å². The normalized spacial score (nSPS) is 26.3. The largest absolute Gasteiger partial charge is 0.392 e. The molecule has 3 aromatic rings. The van der Waals surface area contributed by atoms with Crippen LogP contribution in [0.3, 0.4) is 0 Å². The Morgan fingerprint density at radius 2 is 1.61 bits per heavy atom. The molecule has 2 aliphatic heterocycles. The Balaban J connectivity index is 1.16. The summed E-state index contributed by atoms with van der Waals surface area (Å²) in [5.74, 6) is -0.645. The van der Waals surface area contributed by atoms with Gasteiger partial charge in [0.1, 0.15) is 0 Å². The van der Waals surface area contributed by atoms with Crippen molar-refractivity contribution in [3.8, 4) is 11.1 Å². The standard InChI is InChI=1S/C40H51N3O6/c1-39(2)20-32-21-40(3,25-39)26-43(32)23-33-19-35(29-13-11-27(24-44)12-14-29)49-38(48-33)30-17-15-28(16-18-30)34-8-5-4-7-31(34)22-41-36(45)9-6-10-37(46)42-47/h4-5,7-8,11-18,32-33,35,38,44,47H,6,9-10,19-26H2,1-3H3,(H,41,45)(H,42,46). The number of fused-ring (bicyclic) bond motifs is 2. The molecule has 1 saturated carbocycles. The zero-order valence-corrected chi connectivity index (χ0v) is 29.0. The molecule has 5 unspecified atom stereocenters. The number of carbonyl (C=O) groups excluding carboxylic acids is 2. The molecule has 0 radical (unpaired) electrons. The average Bonchev–Trinajstić information content (AvgIpc) is 3.34. The molecule has 6 rings (SSSR count). The smallest absolute Gasteiger partial charge is 0.243 e. The third kappa shape index (κ3) is 8.77. The first-order chi connectivity index (χ1) is 23.5. The van der Waals surface area contributed by atoms with Crippen LogP contribution in [0.1, 0.15) is 100 Å². The Morgan fingerprint density at radius 1 is 0.898 bits per heavy atom. The molecular formula is C40H51N3O6. The van der Waals surface area contributed by atoms with Crippen LogP contribution in [0.2, 0.25) is 0 Å². The molecule has 1 aliphatic carbocycles. The molecule has 49 heavy (non-hydrogen) atoms. The van der Waals surface area contributed by atoms with E-state index in [4.69, 9.17) is 14.7 Å². The predicted octanol–water partition coefficient (Wildman–Crippen LogP) is 6.58. The van der Waals surface area contributed by atoms with Gasteiger partial charge in [0.2, 0.25) is 11.8 Å². The summed E-state index contributed by atoms with van der Waals surface area (Å²) in [6.45, 7) is 9.65. The number of rotatable bonds is 12. The number of amides is 2. The van der Waals surface area contributed by atoms with Crippen LogP contribution in [0, 0.1) is 10.8 Å². The van der Waals surface area contributed by atoms with Gasteiger partial charge in [-0.25, -0.2) is 5.48 Å². The van der Waals surface area contributed by atoms with Crippen molar-refractivity contribution in [2.75, 3.05) is 13.1 Å². The SMILES string of the molecule is CC1(C)CC2CC(C)(CN2CC2CC(c3ccc(CO)cc3)OC(c3ccc(-c4ccccc4CNC(=O)CCCC(=O)NO)cc3)O2)C1. The van der Waals surface area contributed by atoms with Crippen molar-refractivity contribution in [1.29, 1.82) is 0 Å². The maximum Gasteiger partial charge on any atom is 0.243 e. The molecule has 5 atom stereocenters. The van der Waals surface area contributed by atoms with Crippen molar-refractivity contribution in [2.45, 2.75) is 103 Å². The molecule has 3 fully saturated rings. The van der Waals surface area contributed by atoms with Gasteiger partial charge in [0, 0.05) is 50.5 Å². The van der Waals surface area contributed by atoms with Crippen molar-refractivity contribution >= 4 is 11.8 Å². The zero-order chi connectivity index (χ0) is 34.6. The van der Waals surface area contributed by atoms with Crippen LogP contribution in [0.4, 0.5) is 0 Å². The van der Waals surface area contributed by atoms with E-state index in [9.17, 15) is 14.7 Å². The monoisotopic (exact) mass is 669 g/mol. The summed E-state index contributed by atoms with van der Waals surface area (Å²) in [7, 11) is 0. The number of benzene rings is 3. The Hall–Kier alpha value is -3.60. The van der Waals surface area contributed by atoms with Crippen molar-refractivity contribution in [3.05, 3.63) is 95.1 Å². The molecule has 262 valence electrons. The first-order valence-corrected chi connectivity index (χ1v) is 17.7. The van der Waals surface area contributed by atoms with E-state index in [-0.39, 0.29) is 37.6 Å². The third-order valence-electron chi connectivity index (χ3n) is 10.5. The fourth-order valence-corrected chi connectivity index (χ4v) is 8.61. The highest BCUT2D eigenvalue weighted by Crippen LogP contribution is 2.53. The Morgan fingerprint density at radius 3 is 2.35 bits per heavy atom. The van der Waals surface area contributed by atoms with Gasteiger partial charge in [0.05, 0.1) is 18.8 Å². The Labute approximate surface area is 290 Å². The summed E-state index contributed by atoms with van der Waals surface area (Å²) in [5, 5.41) is 21.2. The number of aliphatic hydroxyl groups is 1. The third-order valence-corrected chi connectivity index (χ3v) is 10.5. The molecule has 2 saturated heterocycles. The second-order valence-electron chi connectivity index (χ2n) is 15.4. The van der Waals surface area contributed by atoms with Crippen LogP contribution < -0.4 is 10.8 Å². The van der Waals surface area contributed by atoms with Gasteiger partial charge in [0.15, 0.2) is 6.29 Å². The highest BCUT2D eigenvalue weighted by atomic mass is 16.7. The summed E-state index contributed by atoms with van der Waals surface area (Å²) in [5.41, 5.74) is 8.26. The van der Waals surface area contributed by atoms with Gasteiger partial charge in [-0.2, -0.15) is 0 Å². The first-order valence-electron chi connectivity index (χ1n) is 17.7. The van der Waals surface area contributed by atoms with E-state index in [1.165, 1.54) is 19.3 Å². The summed E-state index contributed by atoms with van der Waals surface area (Å²) in [6.07, 6.45) is 4.51. The molecule has 9 nitrogen and oxygen atoms in total. The summed E-state index contributed by atoms with van der Waals surface area (Å²) in [6, 6.07) is 24.9. The van der Waals surface area contributed by atoms with Gasteiger partial charge >= 0.3 is 0 Å². The molecule has 4 N–H and O–H groups in total. The van der Waals surface area contributed by atoms with Crippen molar-refractivity contribution < 1.29 is 29.4 Å². The number of aliphatic hydroxyl groups excluding tert-OH is 1. The fraction of sp³-hybridized carbons (Fsp3) is 0.500. The summed E-state index contributed by atoms with van der Waals surface area (Å²) in [4.78, 5) is 26.3. The minimum atomic E-state index is -0.522. The second kappa shape index (κ2) is 15.1. The number of likely N-dealkylation sites (tertiary alicyclic amines) is 1. The van der Waals surface area contributed by atoms with Gasteiger partial charge in [0.25, 0.3) is 0 Å². The van der Waals surface area contributed by atoms with Gasteiger partial charge in [-0.15, -0.1) is 0 Å². The quantitative estimate of drug-likeness (QED) is 0.127. The average molecular weight is 670 g/mol. The lowest BCUT2D eigenvalue weighted by Gasteiger charge is -2.41. The molecular weight excluding hydrogens is 618 g/mol. The number of carbonyl (C=O) groups is 2. The van der Waals surface area contributed by atoms with E-state index in [2.05, 4.69) is 67.4 Å². The van der Waals surface area contributed by atoms with Gasteiger partial charge in [-0.05, 0) is 64.3 Å². The number of nitrogens with one attached hydrogen (secondary N) is 2. The molecule has 0 spiro atoms. The predicted molar refractivity (Wildman–Crippen MR) is 187 cm³/mol. The Bertz CT molecular complexity index is 1590. The number of hydroxylamine groups is 1. The highest BCUT2D eigenvalue weighted by Gasteiger charge is 2.50. The van der Waals surface area contributed by atoms with E-state index in [1.54, 1.807) is 5.48 Å². The maximum atomic E-state index is 12.4. The van der Waals surface area contributed by atoms with E-state index in [1.807, 2.05) is 36.4 Å². The van der Waals surface area contributed by atoms with E-state index >= 15 is 0 Å². The van der Waals surface area contributed by atoms with Crippen LogP contribution in [0.25, 0.3) is 11.1 Å². The van der Waals surface area contributed by atoms with Crippen LogP contribution >= 0.6 is 0 Å². The van der Waals surface area contributed by atoms with Crippen molar-refractivity contribution in [3.63, 3.8) is 0 Å². The highest BCUT2D eigenvalue weighted by molar-refractivity contribution is 5.78. The lowest BCUT2D eigenvalue weighted by Crippen LogP contribution is -2.42. The van der Waals surface area contributed by atoms with E-state index < -0.39 is 12.2 Å². The van der Waals surface area contributed by atoms with E-state index in [0.29, 0.717) is 29.8 Å². The lowest BCUT2D eigenvalue weighted by molar-refractivity contribution is -0.253. The molecule has 3 aliphatic rings. The molecule has 2 amide bonds. The van der Waals surface area contributed by atoms with Gasteiger partial charge in [-0.3, -0.25) is 19.7 Å². The topological polar surface area (TPSA) is 120 Å². The van der Waals surface area contributed by atoms with Crippen molar-refractivity contribution in [1.82, 2.24) is 15.7 Å². The van der Waals surface area contributed by atoms with Crippen LogP contribution in [0.15, 0.2) is 72.8 Å². The minimum absolute atomic E-state index is 0.00867. The molecule has 2 heterocycles. The lowest BCUT2D eigenvalue weighted by atomic mass is 9.65. The van der Waals surface area contributed by atoms with Crippen LogP contribution in [-0.4, -0.2) is 52.3 Å². The molecule has 0 aromatic heterocycles. The van der Waals surface area contributed by atoms with Crippen molar-refractivity contribution in [2.24, 2.45) is 10.8 Å². The summed E-state index contributed by atoms with van der Waals surface area (Å²) >= 11 is 0. The molecule has 3 aromatic carbocycles. The number of hydrogen-bond acceptors (Lipinski definition) is 7. The maximum absolute atomic E-state index is 12.4. The number of hydrogen-bond donors (Lipinski definition) is 4. The second-order valence-corrected chi connectivity index (χ2v) is 15.4. The van der Waals surface area contributed by atoms with E-state index in [0.717, 1.165) is 52.9 Å². The first kappa shape index (κ1) is 35.2.